The third kappa shape index (κ3) is 4.35. The van der Waals surface area contributed by atoms with Gasteiger partial charge in [0.15, 0.2) is 0 Å². The molecule has 3 aliphatic rings. The molecule has 1 fully saturated rings. The summed E-state index contributed by atoms with van der Waals surface area (Å²) in [6.07, 6.45) is 10.4. The predicted molar refractivity (Wildman–Crippen MR) is 124 cm³/mol. The number of aromatic nitrogens is 1. The Kier molecular flexibility index (Phi) is 5.96. The van der Waals surface area contributed by atoms with Gasteiger partial charge in [0.2, 0.25) is 0 Å². The summed E-state index contributed by atoms with van der Waals surface area (Å²) in [4.78, 5) is 8.58. The zero-order valence-corrected chi connectivity index (χ0v) is 18.5. The van der Waals surface area contributed by atoms with Crippen LogP contribution in [0.25, 0.3) is 5.57 Å². The number of thioether (sulfide) groups is 1. The van der Waals surface area contributed by atoms with Gasteiger partial charge in [-0.2, -0.15) is 0 Å². The third-order valence-electron chi connectivity index (χ3n) is 6.69. The summed E-state index contributed by atoms with van der Waals surface area (Å²) in [6.45, 7) is 4.11. The number of nitrogens with zero attached hydrogens (tertiary/aromatic N) is 2. The molecular formula is C26H30N2OS. The van der Waals surface area contributed by atoms with Crippen LogP contribution in [0.4, 0.5) is 0 Å². The third-order valence-corrected chi connectivity index (χ3v) is 7.75. The summed E-state index contributed by atoms with van der Waals surface area (Å²) >= 11 is 1.90. The fourth-order valence-electron chi connectivity index (χ4n) is 4.85. The van der Waals surface area contributed by atoms with E-state index in [0.717, 1.165) is 42.8 Å². The van der Waals surface area contributed by atoms with Gasteiger partial charge in [-0.25, -0.2) is 0 Å². The second kappa shape index (κ2) is 8.99. The summed E-state index contributed by atoms with van der Waals surface area (Å²) in [5.41, 5.74) is 5.13. The molecule has 0 spiro atoms. The van der Waals surface area contributed by atoms with Crippen LogP contribution in [0.1, 0.15) is 43.9 Å². The molecule has 1 aromatic heterocycles. The molecule has 30 heavy (non-hydrogen) atoms. The number of benzene rings is 1. The minimum atomic E-state index is 0.662. The van der Waals surface area contributed by atoms with Crippen molar-refractivity contribution in [1.29, 1.82) is 0 Å². The highest BCUT2D eigenvalue weighted by Crippen LogP contribution is 2.35. The van der Waals surface area contributed by atoms with Gasteiger partial charge in [0, 0.05) is 47.0 Å². The van der Waals surface area contributed by atoms with Gasteiger partial charge in [-0.3, -0.25) is 9.88 Å². The lowest BCUT2D eigenvalue weighted by molar-refractivity contribution is 0.0113. The van der Waals surface area contributed by atoms with Crippen LogP contribution in [0, 0.1) is 5.92 Å². The zero-order valence-electron chi connectivity index (χ0n) is 17.7. The molecule has 0 bridgehead atoms. The Hall–Kier alpha value is -2.04. The fraction of sp³-hybridized carbons (Fsp3) is 0.423. The van der Waals surface area contributed by atoms with E-state index >= 15 is 0 Å². The first-order valence-corrected chi connectivity index (χ1v) is 12.2. The van der Waals surface area contributed by atoms with E-state index in [-0.39, 0.29) is 0 Å². The van der Waals surface area contributed by atoms with Crippen molar-refractivity contribution in [2.75, 3.05) is 19.0 Å². The van der Waals surface area contributed by atoms with Gasteiger partial charge >= 0.3 is 0 Å². The van der Waals surface area contributed by atoms with Crippen LogP contribution in [0.3, 0.4) is 0 Å². The molecule has 2 heterocycles. The molecule has 0 amide bonds. The standard InChI is InChI=1S/C26H30N2OS/c1-19-9-11-22(12-10-19)28-16-20-14-21(17-30-23-6-3-2-4-7-23)24-8-5-13-27-25(24)15-26(20)29-18-28/h2-8,13-14,19,22H,9-12,15-18H2,1H3. The second-order valence-corrected chi connectivity index (χ2v) is 9.88. The van der Waals surface area contributed by atoms with E-state index in [2.05, 4.69) is 60.4 Å². The van der Waals surface area contributed by atoms with Crippen LogP contribution in [-0.2, 0) is 11.2 Å². The Morgan fingerprint density at radius 3 is 2.73 bits per heavy atom. The molecule has 0 saturated heterocycles. The predicted octanol–water partition coefficient (Wildman–Crippen LogP) is 5.94. The van der Waals surface area contributed by atoms with Gasteiger partial charge in [0.05, 0.1) is 5.69 Å². The van der Waals surface area contributed by atoms with Gasteiger partial charge in [0.25, 0.3) is 0 Å². The van der Waals surface area contributed by atoms with Crippen molar-refractivity contribution in [1.82, 2.24) is 9.88 Å². The Labute approximate surface area is 184 Å². The summed E-state index contributed by atoms with van der Waals surface area (Å²) in [6, 6.07) is 15.6. The van der Waals surface area contributed by atoms with Crippen LogP contribution in [-0.4, -0.2) is 35.0 Å². The van der Waals surface area contributed by atoms with Crippen molar-refractivity contribution < 1.29 is 4.74 Å². The molecular weight excluding hydrogens is 388 g/mol. The summed E-state index contributed by atoms with van der Waals surface area (Å²) in [5.74, 6) is 2.94. The molecule has 4 heteroatoms. The van der Waals surface area contributed by atoms with Crippen LogP contribution in [0.5, 0.6) is 0 Å². The average Bonchev–Trinajstić information content (AvgIpc) is 2.95. The van der Waals surface area contributed by atoms with E-state index in [0.29, 0.717) is 6.04 Å². The normalized spacial score (nSPS) is 24.4. The first kappa shape index (κ1) is 19.9. The smallest absolute Gasteiger partial charge is 0.142 e. The maximum atomic E-state index is 6.34. The largest absolute Gasteiger partial charge is 0.482 e. The summed E-state index contributed by atoms with van der Waals surface area (Å²) in [5, 5.41) is 0. The molecule has 5 rings (SSSR count). The SMILES string of the molecule is CC1CCC(N2COC3=C(C=C(CSc4ccccc4)c4cccnc4C3)C2)CC1. The van der Waals surface area contributed by atoms with Crippen molar-refractivity contribution in [3.05, 3.63) is 77.3 Å². The number of pyridine rings is 1. The number of ether oxygens (including phenoxy) is 1. The highest BCUT2D eigenvalue weighted by atomic mass is 32.2. The van der Waals surface area contributed by atoms with Gasteiger partial charge in [0.1, 0.15) is 12.5 Å². The molecule has 0 unspecified atom stereocenters. The number of rotatable bonds is 4. The number of fused-ring (bicyclic) bond motifs is 1. The molecule has 2 aromatic rings. The molecule has 1 saturated carbocycles. The Morgan fingerprint density at radius 1 is 1.07 bits per heavy atom. The number of allylic oxidation sites excluding steroid dienone is 1. The van der Waals surface area contributed by atoms with Gasteiger partial charge in [-0.15, -0.1) is 11.8 Å². The van der Waals surface area contributed by atoms with Crippen molar-refractivity contribution in [2.45, 2.75) is 50.0 Å². The minimum absolute atomic E-state index is 0.662. The fourth-order valence-corrected chi connectivity index (χ4v) is 5.76. The highest BCUT2D eigenvalue weighted by Gasteiger charge is 2.30. The molecule has 1 aliphatic heterocycles. The van der Waals surface area contributed by atoms with E-state index in [1.807, 2.05) is 18.0 Å². The monoisotopic (exact) mass is 418 g/mol. The molecule has 0 N–H and O–H groups in total. The molecule has 2 aliphatic carbocycles. The second-order valence-electron chi connectivity index (χ2n) is 8.83. The lowest BCUT2D eigenvalue weighted by atomic mass is 9.86. The number of hydrogen-bond acceptors (Lipinski definition) is 4. The minimum Gasteiger partial charge on any atom is -0.482 e. The average molecular weight is 419 g/mol. The molecule has 156 valence electrons. The Morgan fingerprint density at radius 2 is 1.90 bits per heavy atom. The first-order chi connectivity index (χ1) is 14.8. The van der Waals surface area contributed by atoms with Crippen molar-refractivity contribution in [3.8, 4) is 0 Å². The van der Waals surface area contributed by atoms with E-state index in [4.69, 9.17) is 9.72 Å². The Bertz CT molecular complexity index is 945. The van der Waals surface area contributed by atoms with E-state index in [1.165, 1.54) is 47.3 Å². The van der Waals surface area contributed by atoms with E-state index in [9.17, 15) is 0 Å². The molecule has 0 radical (unpaired) electrons. The first-order valence-electron chi connectivity index (χ1n) is 11.2. The van der Waals surface area contributed by atoms with Crippen LogP contribution in [0.15, 0.2) is 71.0 Å². The molecule has 1 aromatic carbocycles. The summed E-state index contributed by atoms with van der Waals surface area (Å²) < 4.78 is 6.34. The maximum Gasteiger partial charge on any atom is 0.142 e. The Balaban J connectivity index is 1.40. The van der Waals surface area contributed by atoms with Gasteiger partial charge < -0.3 is 4.74 Å². The van der Waals surface area contributed by atoms with E-state index in [1.54, 1.807) is 0 Å². The van der Waals surface area contributed by atoms with Crippen molar-refractivity contribution in [3.63, 3.8) is 0 Å². The zero-order chi connectivity index (χ0) is 20.3. The lowest BCUT2D eigenvalue weighted by Gasteiger charge is -2.39. The summed E-state index contributed by atoms with van der Waals surface area (Å²) in [7, 11) is 0. The molecule has 0 atom stereocenters. The van der Waals surface area contributed by atoms with E-state index < -0.39 is 0 Å². The van der Waals surface area contributed by atoms with Crippen LogP contribution < -0.4 is 0 Å². The number of hydrogen-bond donors (Lipinski definition) is 0. The van der Waals surface area contributed by atoms with Crippen molar-refractivity contribution >= 4 is 17.3 Å². The quantitative estimate of drug-likeness (QED) is 0.574. The molecule has 3 nitrogen and oxygen atoms in total. The van der Waals surface area contributed by atoms with Crippen LogP contribution in [0.2, 0.25) is 0 Å². The highest BCUT2D eigenvalue weighted by molar-refractivity contribution is 7.99. The van der Waals surface area contributed by atoms with Gasteiger partial charge in [-0.05, 0) is 61.4 Å². The van der Waals surface area contributed by atoms with Gasteiger partial charge in [-0.1, -0.05) is 31.2 Å². The topological polar surface area (TPSA) is 25.4 Å². The van der Waals surface area contributed by atoms with Crippen molar-refractivity contribution in [2.24, 2.45) is 5.92 Å². The van der Waals surface area contributed by atoms with Crippen LogP contribution >= 0.6 is 11.8 Å². The maximum absolute atomic E-state index is 6.34. The lowest BCUT2D eigenvalue weighted by Crippen LogP contribution is -2.43.